The Morgan fingerprint density at radius 1 is 1.50 bits per heavy atom. The van der Waals surface area contributed by atoms with E-state index in [4.69, 9.17) is 4.74 Å². The second-order valence-corrected chi connectivity index (χ2v) is 5.69. The number of nitrogens with zero attached hydrogens (tertiary/aromatic N) is 1. The largest absolute Gasteiger partial charge is 0.376 e. The molecular formula is C14H18BrNO2. The Morgan fingerprint density at radius 3 is 2.78 bits per heavy atom. The smallest absolute Gasteiger partial charge is 0.255 e. The van der Waals surface area contributed by atoms with Gasteiger partial charge in [-0.1, -0.05) is 6.07 Å². The fraction of sp³-hybridized carbons (Fsp3) is 0.500. The molecule has 0 aliphatic carbocycles. The minimum atomic E-state index is 0.0456. The zero-order valence-electron chi connectivity index (χ0n) is 10.9. The lowest BCUT2D eigenvalue weighted by Crippen LogP contribution is -2.41. The van der Waals surface area contributed by atoms with Crippen LogP contribution in [0.15, 0.2) is 22.7 Å². The predicted octanol–water partition coefficient (Wildman–Crippen LogP) is 3.01. The molecule has 2 unspecified atom stereocenters. The molecule has 98 valence electrons. The van der Waals surface area contributed by atoms with Crippen molar-refractivity contribution in [1.82, 2.24) is 4.90 Å². The Morgan fingerprint density at radius 2 is 2.22 bits per heavy atom. The monoisotopic (exact) mass is 311 g/mol. The van der Waals surface area contributed by atoms with Crippen LogP contribution in [0.3, 0.4) is 0 Å². The van der Waals surface area contributed by atoms with Gasteiger partial charge in [-0.05, 0) is 53.9 Å². The van der Waals surface area contributed by atoms with Crippen molar-refractivity contribution >= 4 is 21.8 Å². The highest BCUT2D eigenvalue weighted by Gasteiger charge is 2.31. The minimum absolute atomic E-state index is 0.0456. The third-order valence-corrected chi connectivity index (χ3v) is 4.17. The third-order valence-electron chi connectivity index (χ3n) is 3.51. The van der Waals surface area contributed by atoms with E-state index in [1.165, 1.54) is 0 Å². The highest BCUT2D eigenvalue weighted by molar-refractivity contribution is 9.10. The molecule has 0 spiro atoms. The van der Waals surface area contributed by atoms with Gasteiger partial charge in [0, 0.05) is 18.1 Å². The van der Waals surface area contributed by atoms with E-state index in [9.17, 15) is 4.79 Å². The summed E-state index contributed by atoms with van der Waals surface area (Å²) in [6, 6.07) is 5.97. The quantitative estimate of drug-likeness (QED) is 0.840. The van der Waals surface area contributed by atoms with Crippen LogP contribution in [0.5, 0.6) is 0 Å². The molecule has 1 amide bonds. The molecule has 0 aromatic heterocycles. The zero-order valence-corrected chi connectivity index (χ0v) is 12.5. The number of halogens is 1. The first-order chi connectivity index (χ1) is 8.50. The van der Waals surface area contributed by atoms with Crippen molar-refractivity contribution < 1.29 is 9.53 Å². The summed E-state index contributed by atoms with van der Waals surface area (Å²) in [4.78, 5) is 14.2. The predicted molar refractivity (Wildman–Crippen MR) is 74.8 cm³/mol. The van der Waals surface area contributed by atoms with Crippen LogP contribution in [0, 0.1) is 6.92 Å². The third kappa shape index (κ3) is 2.59. The van der Waals surface area contributed by atoms with E-state index in [2.05, 4.69) is 15.9 Å². The first-order valence-electron chi connectivity index (χ1n) is 6.15. The van der Waals surface area contributed by atoms with Crippen LogP contribution in [0.25, 0.3) is 0 Å². The van der Waals surface area contributed by atoms with Crippen LogP contribution >= 0.6 is 15.9 Å². The normalized spacial score (nSPS) is 23.1. The van der Waals surface area contributed by atoms with E-state index in [0.717, 1.165) is 23.1 Å². The van der Waals surface area contributed by atoms with Gasteiger partial charge in [0.25, 0.3) is 5.91 Å². The van der Waals surface area contributed by atoms with E-state index in [-0.39, 0.29) is 18.1 Å². The van der Waals surface area contributed by atoms with E-state index in [1.807, 2.05) is 39.1 Å². The topological polar surface area (TPSA) is 29.5 Å². The summed E-state index contributed by atoms with van der Waals surface area (Å²) in [5.41, 5.74) is 1.85. The number of ether oxygens (including phenoxy) is 1. The molecule has 1 aromatic carbocycles. The van der Waals surface area contributed by atoms with Gasteiger partial charge in [0.05, 0.1) is 17.7 Å². The molecule has 3 nitrogen and oxygen atoms in total. The summed E-state index contributed by atoms with van der Waals surface area (Å²) in [5, 5.41) is 0. The van der Waals surface area contributed by atoms with E-state index < -0.39 is 0 Å². The lowest BCUT2D eigenvalue weighted by Gasteiger charge is -2.27. The Balaban J connectivity index is 2.20. The van der Waals surface area contributed by atoms with Crippen LogP contribution in [-0.4, -0.2) is 36.6 Å². The summed E-state index contributed by atoms with van der Waals surface area (Å²) >= 11 is 3.46. The van der Waals surface area contributed by atoms with Gasteiger partial charge in [-0.15, -0.1) is 0 Å². The molecule has 0 saturated carbocycles. The molecule has 18 heavy (non-hydrogen) atoms. The Labute approximate surface area is 116 Å². The fourth-order valence-corrected chi connectivity index (χ4v) is 3.03. The second-order valence-electron chi connectivity index (χ2n) is 4.83. The lowest BCUT2D eigenvalue weighted by atomic mass is 10.1. The Hall–Kier alpha value is -0.870. The molecule has 1 heterocycles. The number of carbonyl (C=O) groups is 1. The van der Waals surface area contributed by atoms with Gasteiger partial charge in [-0.3, -0.25) is 4.79 Å². The summed E-state index contributed by atoms with van der Waals surface area (Å²) < 4.78 is 6.37. The number of amides is 1. The highest BCUT2D eigenvalue weighted by atomic mass is 79.9. The number of likely N-dealkylation sites (N-methyl/N-ethyl adjacent to an activating group) is 1. The van der Waals surface area contributed by atoms with Crippen molar-refractivity contribution in [2.45, 2.75) is 32.4 Å². The molecule has 0 N–H and O–H groups in total. The fourth-order valence-electron chi connectivity index (χ4n) is 2.36. The SMILES string of the molecule is Cc1ccc(C(=O)N(C)C2CCOC2C)c(Br)c1. The zero-order chi connectivity index (χ0) is 13.3. The standard InChI is InChI=1S/C14H18BrNO2/c1-9-4-5-11(12(15)8-9)14(17)16(3)13-6-7-18-10(13)2/h4-5,8,10,13H,6-7H2,1-3H3. The molecule has 1 fully saturated rings. The molecule has 2 rings (SSSR count). The minimum Gasteiger partial charge on any atom is -0.376 e. The molecule has 1 aliphatic heterocycles. The van der Waals surface area contributed by atoms with Crippen LogP contribution in [0.1, 0.15) is 29.3 Å². The second kappa shape index (κ2) is 5.41. The van der Waals surface area contributed by atoms with Crippen molar-refractivity contribution in [3.8, 4) is 0 Å². The van der Waals surface area contributed by atoms with Gasteiger partial charge >= 0.3 is 0 Å². The molecule has 1 aliphatic rings. The van der Waals surface area contributed by atoms with Crippen molar-refractivity contribution in [1.29, 1.82) is 0 Å². The molecule has 1 aromatic rings. The number of carbonyl (C=O) groups excluding carboxylic acids is 1. The molecule has 2 atom stereocenters. The van der Waals surface area contributed by atoms with Gasteiger partial charge in [-0.2, -0.15) is 0 Å². The molecule has 0 radical (unpaired) electrons. The van der Waals surface area contributed by atoms with Crippen LogP contribution in [-0.2, 0) is 4.74 Å². The van der Waals surface area contributed by atoms with Crippen LogP contribution < -0.4 is 0 Å². The highest BCUT2D eigenvalue weighted by Crippen LogP contribution is 2.24. The van der Waals surface area contributed by atoms with Crippen molar-refractivity contribution in [2.75, 3.05) is 13.7 Å². The van der Waals surface area contributed by atoms with Crippen molar-refractivity contribution in [3.05, 3.63) is 33.8 Å². The summed E-state index contributed by atoms with van der Waals surface area (Å²) in [7, 11) is 1.85. The maximum Gasteiger partial charge on any atom is 0.255 e. The Bertz CT molecular complexity index is 461. The van der Waals surface area contributed by atoms with Gasteiger partial charge < -0.3 is 9.64 Å². The molecule has 1 saturated heterocycles. The summed E-state index contributed by atoms with van der Waals surface area (Å²) in [6.45, 7) is 4.76. The maximum absolute atomic E-state index is 12.4. The summed E-state index contributed by atoms with van der Waals surface area (Å²) in [5.74, 6) is 0.0456. The van der Waals surface area contributed by atoms with E-state index in [1.54, 1.807) is 4.90 Å². The first-order valence-corrected chi connectivity index (χ1v) is 6.95. The maximum atomic E-state index is 12.4. The van der Waals surface area contributed by atoms with E-state index in [0.29, 0.717) is 5.56 Å². The average molecular weight is 312 g/mol. The van der Waals surface area contributed by atoms with Crippen LogP contribution in [0.4, 0.5) is 0 Å². The van der Waals surface area contributed by atoms with Crippen molar-refractivity contribution in [2.24, 2.45) is 0 Å². The number of benzene rings is 1. The molecule has 0 bridgehead atoms. The molecule has 4 heteroatoms. The van der Waals surface area contributed by atoms with Gasteiger partial charge in [0.2, 0.25) is 0 Å². The number of hydrogen-bond acceptors (Lipinski definition) is 2. The number of rotatable bonds is 2. The lowest BCUT2D eigenvalue weighted by molar-refractivity contribution is 0.0574. The van der Waals surface area contributed by atoms with E-state index >= 15 is 0 Å². The van der Waals surface area contributed by atoms with Gasteiger partial charge in [0.1, 0.15) is 0 Å². The number of aryl methyl sites for hydroxylation is 1. The Kier molecular flexibility index (Phi) is 4.07. The number of hydrogen-bond donors (Lipinski definition) is 0. The first kappa shape index (κ1) is 13.6. The van der Waals surface area contributed by atoms with Crippen molar-refractivity contribution in [3.63, 3.8) is 0 Å². The van der Waals surface area contributed by atoms with Gasteiger partial charge in [0.15, 0.2) is 0 Å². The van der Waals surface area contributed by atoms with Crippen LogP contribution in [0.2, 0.25) is 0 Å². The molecular weight excluding hydrogens is 294 g/mol. The average Bonchev–Trinajstić information content (AvgIpc) is 2.74. The van der Waals surface area contributed by atoms with Gasteiger partial charge in [-0.25, -0.2) is 0 Å². The summed E-state index contributed by atoms with van der Waals surface area (Å²) in [6.07, 6.45) is 1.02.